The molecule has 3 nitrogen and oxygen atoms in total. The molecule has 0 aliphatic rings. The first-order chi connectivity index (χ1) is 4.09. The Balaban J connectivity index is 3.86. The number of carbonyl (C=O) groups excluding carboxylic acids is 1. The fourth-order valence-corrected chi connectivity index (χ4v) is 0.205. The Morgan fingerprint density at radius 1 is 1.56 bits per heavy atom. The minimum Gasteiger partial charge on any atom is -0.479 e. The summed E-state index contributed by atoms with van der Waals surface area (Å²) < 4.78 is 23.4. The first-order valence-electron chi connectivity index (χ1n) is 2.06. The molecule has 2 atom stereocenters. The van der Waals surface area contributed by atoms with Crippen molar-refractivity contribution in [1.29, 1.82) is 0 Å². The third-order valence-electron chi connectivity index (χ3n) is 0.645. The van der Waals surface area contributed by atoms with Gasteiger partial charge in [-0.3, -0.25) is 4.79 Å². The van der Waals surface area contributed by atoms with Crippen LogP contribution in [0.15, 0.2) is 0 Å². The van der Waals surface area contributed by atoms with Crippen molar-refractivity contribution in [2.45, 2.75) is 12.3 Å². The lowest BCUT2D eigenvalue weighted by Crippen LogP contribution is -2.27. The topological polar surface area (TPSA) is 54.4 Å². The second-order valence-electron chi connectivity index (χ2n) is 1.32. The summed E-state index contributed by atoms with van der Waals surface area (Å²) in [5.74, 6) is -1.96. The van der Waals surface area contributed by atoms with Gasteiger partial charge in [0, 0.05) is 0 Å². The van der Waals surface area contributed by atoms with Gasteiger partial charge in [-0.15, -0.1) is 0 Å². The predicted octanol–water partition coefficient (Wildman–Crippen LogP) is -0.0539. The minimum atomic E-state index is -2.73. The van der Waals surface area contributed by atoms with E-state index in [0.29, 0.717) is 0 Å². The van der Waals surface area contributed by atoms with Crippen molar-refractivity contribution >= 4 is 12.3 Å². The highest BCUT2D eigenvalue weighted by Crippen LogP contribution is 2.00. The normalized spacial score (nSPS) is 16.2. The summed E-state index contributed by atoms with van der Waals surface area (Å²) in [4.78, 5) is 18.9. The maximum atomic E-state index is 11.7. The van der Waals surface area contributed by atoms with E-state index in [1.165, 1.54) is 0 Å². The molecular formula is C4H4F2O3. The lowest BCUT2D eigenvalue weighted by molar-refractivity contribution is -0.146. The van der Waals surface area contributed by atoms with Crippen molar-refractivity contribution in [2.24, 2.45) is 0 Å². The molecule has 0 saturated carbocycles. The van der Waals surface area contributed by atoms with E-state index in [9.17, 15) is 18.4 Å². The highest BCUT2D eigenvalue weighted by atomic mass is 19.2. The first-order valence-corrected chi connectivity index (χ1v) is 2.06. The van der Waals surface area contributed by atoms with Crippen LogP contribution in [0.25, 0.3) is 0 Å². The summed E-state index contributed by atoms with van der Waals surface area (Å²) in [6.45, 7) is 0. The molecule has 2 unspecified atom stereocenters. The van der Waals surface area contributed by atoms with E-state index in [-0.39, 0.29) is 0 Å². The van der Waals surface area contributed by atoms with Crippen LogP contribution in [0.3, 0.4) is 0 Å². The van der Waals surface area contributed by atoms with E-state index in [1.54, 1.807) is 0 Å². The summed E-state index contributed by atoms with van der Waals surface area (Å²) >= 11 is 0. The van der Waals surface area contributed by atoms with Crippen LogP contribution in [0.2, 0.25) is 0 Å². The SMILES string of the molecule is O=CC(F)C(F)C(=O)O. The standard InChI is InChI=1S/C4H4F2O3/c5-2(1-7)3(6)4(8)9/h1-3H,(H,8,9). The smallest absolute Gasteiger partial charge is 0.341 e. The monoisotopic (exact) mass is 138 g/mol. The number of carboxylic acids is 1. The number of alkyl halides is 2. The van der Waals surface area contributed by atoms with Crippen molar-refractivity contribution in [3.05, 3.63) is 0 Å². The fraction of sp³-hybridized carbons (Fsp3) is 0.500. The van der Waals surface area contributed by atoms with Crippen molar-refractivity contribution < 1.29 is 23.5 Å². The molecule has 0 radical (unpaired) electrons. The number of carbonyl (C=O) groups is 2. The van der Waals surface area contributed by atoms with E-state index in [1.807, 2.05) is 0 Å². The van der Waals surface area contributed by atoms with Gasteiger partial charge in [0.15, 0.2) is 12.5 Å². The van der Waals surface area contributed by atoms with Crippen molar-refractivity contribution in [2.75, 3.05) is 0 Å². The lowest BCUT2D eigenvalue weighted by atomic mass is 10.3. The Labute approximate surface area is 49.3 Å². The van der Waals surface area contributed by atoms with Crippen LogP contribution < -0.4 is 0 Å². The molecule has 5 heteroatoms. The van der Waals surface area contributed by atoms with Gasteiger partial charge in [0.05, 0.1) is 0 Å². The van der Waals surface area contributed by atoms with E-state index in [4.69, 9.17) is 5.11 Å². The highest BCUT2D eigenvalue weighted by molar-refractivity contribution is 5.78. The molecule has 0 bridgehead atoms. The predicted molar refractivity (Wildman–Crippen MR) is 23.5 cm³/mol. The van der Waals surface area contributed by atoms with Crippen molar-refractivity contribution in [1.82, 2.24) is 0 Å². The maximum absolute atomic E-state index is 11.7. The zero-order valence-electron chi connectivity index (χ0n) is 4.25. The molecule has 0 rings (SSSR count). The Morgan fingerprint density at radius 2 is 2.00 bits per heavy atom. The van der Waals surface area contributed by atoms with Crippen LogP contribution >= 0.6 is 0 Å². The van der Waals surface area contributed by atoms with E-state index in [0.717, 1.165) is 0 Å². The second kappa shape index (κ2) is 3.11. The Kier molecular flexibility index (Phi) is 2.77. The van der Waals surface area contributed by atoms with Gasteiger partial charge in [-0.25, -0.2) is 13.6 Å². The van der Waals surface area contributed by atoms with Gasteiger partial charge in [0.25, 0.3) is 0 Å². The third-order valence-corrected chi connectivity index (χ3v) is 0.645. The van der Waals surface area contributed by atoms with Crippen LogP contribution in [0.4, 0.5) is 8.78 Å². The van der Waals surface area contributed by atoms with E-state index >= 15 is 0 Å². The molecule has 0 aromatic carbocycles. The molecule has 0 aromatic heterocycles. The molecule has 0 heterocycles. The number of hydrogen-bond acceptors (Lipinski definition) is 2. The number of aliphatic carboxylic acids is 1. The number of aldehydes is 1. The lowest BCUT2D eigenvalue weighted by Gasteiger charge is -1.99. The van der Waals surface area contributed by atoms with Gasteiger partial charge in [-0.05, 0) is 0 Å². The Bertz CT molecular complexity index is 125. The van der Waals surface area contributed by atoms with Crippen molar-refractivity contribution in [3.8, 4) is 0 Å². The van der Waals surface area contributed by atoms with Gasteiger partial charge in [-0.1, -0.05) is 0 Å². The molecule has 0 fully saturated rings. The van der Waals surface area contributed by atoms with Crippen LogP contribution in [0.1, 0.15) is 0 Å². The summed E-state index contributed by atoms with van der Waals surface area (Å²) in [6.07, 6.45) is -5.68. The summed E-state index contributed by atoms with van der Waals surface area (Å²) in [6, 6.07) is 0. The number of halogens is 2. The Morgan fingerprint density at radius 3 is 2.11 bits per heavy atom. The Hall–Kier alpha value is -1.00. The highest BCUT2D eigenvalue weighted by Gasteiger charge is 2.26. The molecule has 0 aliphatic heterocycles. The van der Waals surface area contributed by atoms with Crippen LogP contribution in [0.5, 0.6) is 0 Å². The van der Waals surface area contributed by atoms with Gasteiger partial charge in [0.1, 0.15) is 0 Å². The molecule has 1 N–H and O–H groups in total. The molecule has 0 aliphatic carbocycles. The molecule has 0 spiro atoms. The second-order valence-corrected chi connectivity index (χ2v) is 1.32. The summed E-state index contributed by atoms with van der Waals surface area (Å²) in [5, 5.41) is 7.71. The fourth-order valence-electron chi connectivity index (χ4n) is 0.205. The molecule has 0 aromatic rings. The largest absolute Gasteiger partial charge is 0.479 e. The zero-order valence-corrected chi connectivity index (χ0v) is 4.25. The molecule has 52 valence electrons. The quantitative estimate of drug-likeness (QED) is 0.556. The zero-order chi connectivity index (χ0) is 7.44. The molecule has 0 amide bonds. The van der Waals surface area contributed by atoms with Gasteiger partial charge < -0.3 is 5.11 Å². The van der Waals surface area contributed by atoms with Gasteiger partial charge >= 0.3 is 5.97 Å². The number of carboxylic acid groups (broad SMARTS) is 1. The average Bonchev–Trinajstić information content (AvgIpc) is 1.84. The minimum absolute atomic E-state index is 0.390. The summed E-state index contributed by atoms with van der Waals surface area (Å²) in [5.41, 5.74) is 0. The maximum Gasteiger partial charge on any atom is 0.341 e. The van der Waals surface area contributed by atoms with Crippen LogP contribution in [-0.2, 0) is 9.59 Å². The molecule has 9 heavy (non-hydrogen) atoms. The van der Waals surface area contributed by atoms with E-state index in [2.05, 4.69) is 0 Å². The van der Waals surface area contributed by atoms with Crippen LogP contribution in [-0.4, -0.2) is 29.7 Å². The van der Waals surface area contributed by atoms with E-state index < -0.39 is 24.6 Å². The van der Waals surface area contributed by atoms with Gasteiger partial charge in [0.2, 0.25) is 6.17 Å². The van der Waals surface area contributed by atoms with Crippen molar-refractivity contribution in [3.63, 3.8) is 0 Å². The van der Waals surface area contributed by atoms with Gasteiger partial charge in [-0.2, -0.15) is 0 Å². The molecular weight excluding hydrogens is 134 g/mol. The average molecular weight is 138 g/mol. The summed E-state index contributed by atoms with van der Waals surface area (Å²) in [7, 11) is 0. The number of rotatable bonds is 3. The number of hydrogen-bond donors (Lipinski definition) is 1. The molecule has 0 saturated heterocycles. The first kappa shape index (κ1) is 8.00. The van der Waals surface area contributed by atoms with Crippen LogP contribution in [0, 0.1) is 0 Å². The third kappa shape index (κ3) is 2.16.